The number of rotatable bonds is 2. The average molecular weight is 262 g/mol. The van der Waals surface area contributed by atoms with Crippen LogP contribution in [0.4, 0.5) is 23.8 Å². The maximum absolute atomic E-state index is 12.8. The molecular weight excluding hydrogens is 249 g/mol. The summed E-state index contributed by atoms with van der Waals surface area (Å²) in [5.41, 5.74) is -0.725. The van der Waals surface area contributed by atoms with E-state index in [-0.39, 0.29) is 17.3 Å². The van der Waals surface area contributed by atoms with Crippen molar-refractivity contribution in [3.05, 3.63) is 23.4 Å². The standard InChI is InChI=1S/C11H13F3N2O2/c1-6(2)7-5-15-9(16-10(17)18-3)4-8(7)11(12,13)14/h4-6H,1-3H3,(H,15,16,17). The topological polar surface area (TPSA) is 51.2 Å². The number of hydrogen-bond acceptors (Lipinski definition) is 3. The predicted molar refractivity (Wildman–Crippen MR) is 59.4 cm³/mol. The van der Waals surface area contributed by atoms with Crippen LogP contribution in [0, 0.1) is 0 Å². The van der Waals surface area contributed by atoms with Crippen LogP contribution in [0.5, 0.6) is 0 Å². The smallest absolute Gasteiger partial charge is 0.416 e. The normalized spacial score (nSPS) is 11.5. The van der Waals surface area contributed by atoms with Crippen LogP contribution in [0.25, 0.3) is 0 Å². The highest BCUT2D eigenvalue weighted by Crippen LogP contribution is 2.35. The Kier molecular flexibility index (Phi) is 4.15. The lowest BCUT2D eigenvalue weighted by Gasteiger charge is -2.16. The minimum absolute atomic E-state index is 0.0814. The first kappa shape index (κ1) is 14.3. The molecule has 0 atom stereocenters. The number of alkyl halides is 3. The molecule has 100 valence electrons. The fraction of sp³-hybridized carbons (Fsp3) is 0.455. The second-order valence-electron chi connectivity index (χ2n) is 3.93. The number of nitrogens with one attached hydrogen (secondary N) is 1. The van der Waals surface area contributed by atoms with Gasteiger partial charge in [-0.15, -0.1) is 0 Å². The van der Waals surface area contributed by atoms with Gasteiger partial charge in [-0.25, -0.2) is 9.78 Å². The molecule has 1 amide bonds. The van der Waals surface area contributed by atoms with Gasteiger partial charge in [-0.2, -0.15) is 13.2 Å². The van der Waals surface area contributed by atoms with E-state index in [1.54, 1.807) is 13.8 Å². The van der Waals surface area contributed by atoms with E-state index < -0.39 is 17.8 Å². The van der Waals surface area contributed by atoms with Crippen molar-refractivity contribution in [1.29, 1.82) is 0 Å². The highest BCUT2D eigenvalue weighted by molar-refractivity contribution is 5.83. The van der Waals surface area contributed by atoms with Gasteiger partial charge in [0.1, 0.15) is 5.82 Å². The summed E-state index contributed by atoms with van der Waals surface area (Å²) in [7, 11) is 1.11. The first-order valence-corrected chi connectivity index (χ1v) is 5.17. The Morgan fingerprint density at radius 1 is 1.44 bits per heavy atom. The largest absolute Gasteiger partial charge is 0.453 e. The summed E-state index contributed by atoms with van der Waals surface area (Å²) in [5.74, 6) is -0.514. The van der Waals surface area contributed by atoms with Crippen LogP contribution in [0.3, 0.4) is 0 Å². The minimum atomic E-state index is -4.49. The summed E-state index contributed by atoms with van der Waals surface area (Å²) in [5, 5.41) is 2.10. The molecule has 1 N–H and O–H groups in total. The Labute approximate surface area is 102 Å². The molecular formula is C11H13F3N2O2. The molecule has 4 nitrogen and oxygen atoms in total. The van der Waals surface area contributed by atoms with Gasteiger partial charge in [0.05, 0.1) is 12.7 Å². The van der Waals surface area contributed by atoms with Crippen molar-refractivity contribution in [3.8, 4) is 0 Å². The van der Waals surface area contributed by atoms with Crippen molar-refractivity contribution in [2.45, 2.75) is 25.9 Å². The van der Waals surface area contributed by atoms with Crippen LogP contribution in [0.1, 0.15) is 30.9 Å². The molecule has 1 aromatic heterocycles. The third-order valence-corrected chi connectivity index (χ3v) is 2.28. The first-order chi connectivity index (χ1) is 8.25. The molecule has 0 aliphatic rings. The summed E-state index contributed by atoms with van der Waals surface area (Å²) in [6.45, 7) is 3.28. The Bertz CT molecular complexity index is 444. The number of halogens is 3. The van der Waals surface area contributed by atoms with Gasteiger partial charge >= 0.3 is 12.3 Å². The number of ether oxygens (including phenoxy) is 1. The number of hydrogen-bond donors (Lipinski definition) is 1. The lowest BCUT2D eigenvalue weighted by atomic mass is 9.99. The quantitative estimate of drug-likeness (QED) is 0.888. The molecule has 0 saturated carbocycles. The minimum Gasteiger partial charge on any atom is -0.453 e. The maximum Gasteiger partial charge on any atom is 0.416 e. The maximum atomic E-state index is 12.8. The van der Waals surface area contributed by atoms with E-state index in [4.69, 9.17) is 0 Å². The Morgan fingerprint density at radius 2 is 2.06 bits per heavy atom. The average Bonchev–Trinajstić information content (AvgIpc) is 2.27. The number of carbonyl (C=O) groups excluding carboxylic acids is 1. The zero-order chi connectivity index (χ0) is 13.9. The lowest BCUT2D eigenvalue weighted by Crippen LogP contribution is -2.16. The van der Waals surface area contributed by atoms with Crippen molar-refractivity contribution >= 4 is 11.9 Å². The van der Waals surface area contributed by atoms with Crippen LogP contribution < -0.4 is 5.32 Å². The molecule has 0 radical (unpaired) electrons. The molecule has 18 heavy (non-hydrogen) atoms. The third kappa shape index (κ3) is 3.35. The molecule has 0 aliphatic carbocycles. The van der Waals surface area contributed by atoms with Gasteiger partial charge in [-0.05, 0) is 17.5 Å². The van der Waals surface area contributed by atoms with E-state index in [9.17, 15) is 18.0 Å². The Morgan fingerprint density at radius 3 is 2.50 bits per heavy atom. The highest BCUT2D eigenvalue weighted by Gasteiger charge is 2.34. The number of amides is 1. The first-order valence-electron chi connectivity index (χ1n) is 5.17. The number of methoxy groups -OCH3 is 1. The van der Waals surface area contributed by atoms with E-state index in [0.29, 0.717) is 0 Å². The zero-order valence-electron chi connectivity index (χ0n) is 10.1. The molecule has 0 fully saturated rings. The van der Waals surface area contributed by atoms with Gasteiger partial charge in [-0.3, -0.25) is 5.32 Å². The van der Waals surface area contributed by atoms with Crippen molar-refractivity contribution in [3.63, 3.8) is 0 Å². The fourth-order valence-electron chi connectivity index (χ4n) is 1.40. The van der Waals surface area contributed by atoms with E-state index in [1.807, 2.05) is 0 Å². The number of pyridine rings is 1. The summed E-state index contributed by atoms with van der Waals surface area (Å²) >= 11 is 0. The number of anilines is 1. The molecule has 7 heteroatoms. The summed E-state index contributed by atoms with van der Waals surface area (Å²) in [6.07, 6.45) is -4.25. The van der Waals surface area contributed by atoms with Crippen molar-refractivity contribution in [2.24, 2.45) is 0 Å². The number of nitrogens with zero attached hydrogens (tertiary/aromatic N) is 1. The molecule has 0 saturated heterocycles. The molecule has 1 heterocycles. The van der Waals surface area contributed by atoms with Crippen molar-refractivity contribution in [1.82, 2.24) is 4.98 Å². The lowest BCUT2D eigenvalue weighted by molar-refractivity contribution is -0.138. The van der Waals surface area contributed by atoms with E-state index >= 15 is 0 Å². The Hall–Kier alpha value is -1.79. The van der Waals surface area contributed by atoms with Crippen molar-refractivity contribution in [2.75, 3.05) is 12.4 Å². The SMILES string of the molecule is COC(=O)Nc1cc(C(F)(F)F)c(C(C)C)cn1. The summed E-state index contributed by atoms with van der Waals surface area (Å²) in [4.78, 5) is 14.7. The Balaban J connectivity index is 3.18. The molecule has 0 aromatic carbocycles. The zero-order valence-corrected chi connectivity index (χ0v) is 10.1. The van der Waals surface area contributed by atoms with Gasteiger partial charge in [0, 0.05) is 6.20 Å². The monoisotopic (exact) mass is 262 g/mol. The fourth-order valence-corrected chi connectivity index (χ4v) is 1.40. The molecule has 0 spiro atoms. The molecule has 0 unspecified atom stereocenters. The third-order valence-electron chi connectivity index (χ3n) is 2.28. The number of carbonyl (C=O) groups is 1. The number of aromatic nitrogens is 1. The highest BCUT2D eigenvalue weighted by atomic mass is 19.4. The van der Waals surface area contributed by atoms with Gasteiger partial charge in [0.15, 0.2) is 0 Å². The second-order valence-corrected chi connectivity index (χ2v) is 3.93. The molecule has 1 aromatic rings. The predicted octanol–water partition coefficient (Wildman–Crippen LogP) is 3.40. The molecule has 0 aliphatic heterocycles. The molecule has 1 rings (SSSR count). The van der Waals surface area contributed by atoms with Crippen LogP contribution in [-0.2, 0) is 10.9 Å². The van der Waals surface area contributed by atoms with Gasteiger partial charge in [-0.1, -0.05) is 13.8 Å². The van der Waals surface area contributed by atoms with Gasteiger partial charge in [0.2, 0.25) is 0 Å². The van der Waals surface area contributed by atoms with Crippen LogP contribution in [0.2, 0.25) is 0 Å². The van der Waals surface area contributed by atoms with Crippen LogP contribution >= 0.6 is 0 Å². The second kappa shape index (κ2) is 5.24. The molecule has 0 bridgehead atoms. The van der Waals surface area contributed by atoms with Crippen LogP contribution in [-0.4, -0.2) is 18.2 Å². The van der Waals surface area contributed by atoms with Gasteiger partial charge < -0.3 is 4.74 Å². The summed E-state index contributed by atoms with van der Waals surface area (Å²) < 4.78 is 42.8. The van der Waals surface area contributed by atoms with E-state index in [1.165, 1.54) is 0 Å². The van der Waals surface area contributed by atoms with E-state index in [0.717, 1.165) is 19.4 Å². The summed E-state index contributed by atoms with van der Waals surface area (Å²) in [6, 6.07) is 0.798. The van der Waals surface area contributed by atoms with Crippen LogP contribution in [0.15, 0.2) is 12.3 Å². The van der Waals surface area contributed by atoms with Gasteiger partial charge in [0.25, 0.3) is 0 Å². The van der Waals surface area contributed by atoms with Crippen molar-refractivity contribution < 1.29 is 22.7 Å². The van der Waals surface area contributed by atoms with E-state index in [2.05, 4.69) is 15.0 Å².